The van der Waals surface area contributed by atoms with Gasteiger partial charge in [0.15, 0.2) is 5.11 Å². The third-order valence-corrected chi connectivity index (χ3v) is 6.88. The lowest BCUT2D eigenvalue weighted by Gasteiger charge is -2.37. The standard InChI is InChI=1S/C24H25N3O3S2/c1-29-19-10-8-18(9-11-19)26-12-14-27(15-13-26)24(31)25-22-20(23(28)30-2)16-21(32-22)17-6-4-3-5-7-17/h3-11,16H,12-15H2,1-2H3,(H,25,31). The van der Waals surface area contributed by atoms with Gasteiger partial charge in [0, 0.05) is 36.7 Å². The third-order valence-electron chi connectivity index (χ3n) is 5.42. The topological polar surface area (TPSA) is 54.0 Å². The number of rotatable bonds is 5. The van der Waals surface area contributed by atoms with Crippen molar-refractivity contribution in [2.24, 2.45) is 0 Å². The molecule has 2 heterocycles. The van der Waals surface area contributed by atoms with Gasteiger partial charge in [0.05, 0.1) is 19.8 Å². The molecule has 4 rings (SSSR count). The largest absolute Gasteiger partial charge is 0.497 e. The molecule has 1 aromatic heterocycles. The number of piperazine rings is 1. The van der Waals surface area contributed by atoms with E-state index in [4.69, 9.17) is 21.7 Å². The minimum atomic E-state index is -0.377. The highest BCUT2D eigenvalue weighted by molar-refractivity contribution is 7.80. The zero-order valence-corrected chi connectivity index (χ0v) is 19.7. The highest BCUT2D eigenvalue weighted by Gasteiger charge is 2.23. The van der Waals surface area contributed by atoms with E-state index in [9.17, 15) is 4.79 Å². The normalized spacial score (nSPS) is 13.6. The fourth-order valence-electron chi connectivity index (χ4n) is 3.63. The Morgan fingerprint density at radius 2 is 1.69 bits per heavy atom. The molecule has 1 N–H and O–H groups in total. The molecule has 166 valence electrons. The van der Waals surface area contributed by atoms with Crippen LogP contribution in [-0.2, 0) is 4.74 Å². The van der Waals surface area contributed by atoms with E-state index in [0.717, 1.165) is 42.4 Å². The Labute approximate surface area is 197 Å². The molecule has 6 nitrogen and oxygen atoms in total. The second kappa shape index (κ2) is 10.0. The molecule has 0 radical (unpaired) electrons. The van der Waals surface area contributed by atoms with Crippen LogP contribution >= 0.6 is 23.6 Å². The molecule has 0 bridgehead atoms. The lowest BCUT2D eigenvalue weighted by molar-refractivity contribution is 0.0602. The zero-order chi connectivity index (χ0) is 22.5. The Balaban J connectivity index is 1.43. The molecule has 1 aliphatic rings. The van der Waals surface area contributed by atoms with Gasteiger partial charge in [-0.25, -0.2) is 4.79 Å². The number of benzene rings is 2. The maximum atomic E-state index is 12.4. The van der Waals surface area contributed by atoms with E-state index in [-0.39, 0.29) is 5.97 Å². The first-order valence-corrected chi connectivity index (χ1v) is 11.5. The molecule has 3 aromatic rings. The van der Waals surface area contributed by atoms with Crippen molar-refractivity contribution in [3.05, 3.63) is 66.2 Å². The predicted octanol–water partition coefficient (Wildman–Crippen LogP) is 4.73. The second-order valence-electron chi connectivity index (χ2n) is 7.31. The van der Waals surface area contributed by atoms with Crippen molar-refractivity contribution in [3.8, 4) is 16.2 Å². The van der Waals surface area contributed by atoms with Crippen LogP contribution in [0, 0.1) is 0 Å². The third kappa shape index (κ3) is 4.87. The van der Waals surface area contributed by atoms with Crippen LogP contribution in [0.3, 0.4) is 0 Å². The molecule has 0 unspecified atom stereocenters. The highest BCUT2D eigenvalue weighted by Crippen LogP contribution is 2.36. The summed E-state index contributed by atoms with van der Waals surface area (Å²) in [6.45, 7) is 3.31. The first-order chi connectivity index (χ1) is 15.6. The molecule has 8 heteroatoms. The number of esters is 1. The minimum absolute atomic E-state index is 0.377. The van der Waals surface area contributed by atoms with Crippen LogP contribution < -0.4 is 15.0 Å². The van der Waals surface area contributed by atoms with Gasteiger partial charge in [0.2, 0.25) is 0 Å². The number of nitrogens with zero attached hydrogens (tertiary/aromatic N) is 2. The van der Waals surface area contributed by atoms with Crippen molar-refractivity contribution in [3.63, 3.8) is 0 Å². The van der Waals surface area contributed by atoms with E-state index >= 15 is 0 Å². The molecular weight excluding hydrogens is 442 g/mol. The summed E-state index contributed by atoms with van der Waals surface area (Å²) in [5.41, 5.74) is 2.72. The maximum Gasteiger partial charge on any atom is 0.340 e. The lowest BCUT2D eigenvalue weighted by Crippen LogP contribution is -2.50. The van der Waals surface area contributed by atoms with E-state index in [1.165, 1.54) is 24.1 Å². The summed E-state index contributed by atoms with van der Waals surface area (Å²) in [7, 11) is 3.06. The van der Waals surface area contributed by atoms with Gasteiger partial charge >= 0.3 is 5.97 Å². The van der Waals surface area contributed by atoms with Crippen molar-refractivity contribution >= 4 is 45.3 Å². The molecule has 2 aromatic carbocycles. The number of hydrogen-bond acceptors (Lipinski definition) is 6. The maximum absolute atomic E-state index is 12.4. The summed E-state index contributed by atoms with van der Waals surface area (Å²) in [5.74, 6) is 0.475. The molecule has 0 spiro atoms. The van der Waals surface area contributed by atoms with Gasteiger partial charge in [-0.1, -0.05) is 30.3 Å². The van der Waals surface area contributed by atoms with E-state index in [1.54, 1.807) is 7.11 Å². The Morgan fingerprint density at radius 1 is 1.00 bits per heavy atom. The van der Waals surface area contributed by atoms with Crippen LogP contribution in [0.25, 0.3) is 10.4 Å². The summed E-state index contributed by atoms with van der Waals surface area (Å²) in [6, 6.07) is 19.9. The Kier molecular flexibility index (Phi) is 6.92. The minimum Gasteiger partial charge on any atom is -0.497 e. The molecule has 1 saturated heterocycles. The molecular formula is C24H25N3O3S2. The van der Waals surface area contributed by atoms with Crippen LogP contribution in [0.2, 0.25) is 0 Å². The Hall–Kier alpha value is -3.10. The van der Waals surface area contributed by atoms with Crippen molar-refractivity contribution in [2.45, 2.75) is 0 Å². The van der Waals surface area contributed by atoms with Crippen molar-refractivity contribution in [2.75, 3.05) is 50.6 Å². The number of thiocarbonyl (C=S) groups is 1. The highest BCUT2D eigenvalue weighted by atomic mass is 32.1. The second-order valence-corrected chi connectivity index (χ2v) is 8.75. The number of carbonyl (C=O) groups excluding carboxylic acids is 1. The van der Waals surface area contributed by atoms with E-state index in [0.29, 0.717) is 15.7 Å². The predicted molar refractivity (Wildman–Crippen MR) is 134 cm³/mol. The van der Waals surface area contributed by atoms with Gasteiger partial charge in [0.25, 0.3) is 0 Å². The average Bonchev–Trinajstić information content (AvgIpc) is 3.28. The monoisotopic (exact) mass is 467 g/mol. The number of methoxy groups -OCH3 is 2. The summed E-state index contributed by atoms with van der Waals surface area (Å²) in [5, 5.41) is 4.62. The molecule has 0 saturated carbocycles. The van der Waals surface area contributed by atoms with Gasteiger partial charge in [0.1, 0.15) is 10.8 Å². The smallest absolute Gasteiger partial charge is 0.340 e. The molecule has 0 amide bonds. The fourth-order valence-corrected chi connectivity index (χ4v) is 5.03. The van der Waals surface area contributed by atoms with Crippen molar-refractivity contribution < 1.29 is 14.3 Å². The van der Waals surface area contributed by atoms with Crippen LogP contribution in [0.1, 0.15) is 10.4 Å². The number of anilines is 2. The van der Waals surface area contributed by atoms with Gasteiger partial charge in [-0.2, -0.15) is 0 Å². The van der Waals surface area contributed by atoms with Gasteiger partial charge in [-0.05, 0) is 48.1 Å². The van der Waals surface area contributed by atoms with E-state index in [2.05, 4.69) is 27.2 Å². The first kappa shape index (κ1) is 22.1. The van der Waals surface area contributed by atoms with Gasteiger partial charge in [-0.3, -0.25) is 0 Å². The SMILES string of the molecule is COC(=O)c1cc(-c2ccccc2)sc1NC(=S)N1CCN(c2ccc(OC)cc2)CC1. The van der Waals surface area contributed by atoms with Gasteiger partial charge < -0.3 is 24.6 Å². The zero-order valence-electron chi connectivity index (χ0n) is 18.0. The number of nitrogens with one attached hydrogen (secondary N) is 1. The van der Waals surface area contributed by atoms with Crippen molar-refractivity contribution in [1.29, 1.82) is 0 Å². The summed E-state index contributed by atoms with van der Waals surface area (Å²) >= 11 is 7.19. The van der Waals surface area contributed by atoms with E-state index < -0.39 is 0 Å². The number of thiophene rings is 1. The van der Waals surface area contributed by atoms with Crippen LogP contribution in [0.4, 0.5) is 10.7 Å². The molecule has 1 aliphatic heterocycles. The summed E-state index contributed by atoms with van der Waals surface area (Å²) < 4.78 is 10.2. The van der Waals surface area contributed by atoms with Crippen molar-refractivity contribution in [1.82, 2.24) is 4.90 Å². The van der Waals surface area contributed by atoms with E-state index in [1.807, 2.05) is 48.5 Å². The summed E-state index contributed by atoms with van der Waals surface area (Å²) in [4.78, 5) is 17.8. The first-order valence-electron chi connectivity index (χ1n) is 10.3. The van der Waals surface area contributed by atoms with Crippen LogP contribution in [0.15, 0.2) is 60.7 Å². The number of hydrogen-bond donors (Lipinski definition) is 1. The lowest BCUT2D eigenvalue weighted by atomic mass is 10.1. The van der Waals surface area contributed by atoms with Gasteiger partial charge in [-0.15, -0.1) is 11.3 Å². The quantitative estimate of drug-likeness (QED) is 0.430. The number of carbonyl (C=O) groups is 1. The molecule has 1 fully saturated rings. The fraction of sp³-hybridized carbons (Fsp3) is 0.250. The number of ether oxygens (including phenoxy) is 2. The molecule has 32 heavy (non-hydrogen) atoms. The molecule has 0 atom stereocenters. The summed E-state index contributed by atoms with van der Waals surface area (Å²) in [6.07, 6.45) is 0. The Bertz CT molecular complexity index is 1080. The molecule has 0 aliphatic carbocycles. The average molecular weight is 468 g/mol. The van der Waals surface area contributed by atoms with Crippen LogP contribution in [0.5, 0.6) is 5.75 Å². The van der Waals surface area contributed by atoms with Crippen LogP contribution in [-0.4, -0.2) is 56.4 Å². The Morgan fingerprint density at radius 3 is 2.31 bits per heavy atom.